The molecule has 1 amide bonds. The predicted octanol–water partition coefficient (Wildman–Crippen LogP) is 3.64. The zero-order valence-corrected chi connectivity index (χ0v) is 20.5. The van der Waals surface area contributed by atoms with Gasteiger partial charge in [0, 0.05) is 30.3 Å². The van der Waals surface area contributed by atoms with E-state index in [4.69, 9.17) is 0 Å². The van der Waals surface area contributed by atoms with Gasteiger partial charge in [0.1, 0.15) is 0 Å². The van der Waals surface area contributed by atoms with E-state index in [0.717, 1.165) is 46.7 Å². The van der Waals surface area contributed by atoms with Crippen LogP contribution in [0.15, 0.2) is 40.6 Å². The number of amides is 1. The maximum Gasteiger partial charge on any atom is 0.252 e. The number of pyridine rings is 1. The lowest BCUT2D eigenvalue weighted by molar-refractivity contribution is -0.121. The summed E-state index contributed by atoms with van der Waals surface area (Å²) in [6, 6.07) is 12.3. The van der Waals surface area contributed by atoms with Crippen molar-refractivity contribution in [3.8, 4) is 11.3 Å². The molecule has 9 heteroatoms. The Kier molecular flexibility index (Phi) is 5.58. The number of sulfonamides is 1. The Bertz CT molecular complexity index is 1350. The Morgan fingerprint density at radius 1 is 1.09 bits per heavy atom. The zero-order valence-electron chi connectivity index (χ0n) is 18.8. The van der Waals surface area contributed by atoms with Crippen LogP contribution in [0.1, 0.15) is 35.4 Å². The summed E-state index contributed by atoms with van der Waals surface area (Å²) in [5, 5.41) is 0.411. The Balaban J connectivity index is 1.33. The number of carbonyl (C=O) groups is 1. The van der Waals surface area contributed by atoms with Gasteiger partial charge in [0.15, 0.2) is 9.34 Å². The molecular weight excluding hydrogens is 456 g/mol. The van der Waals surface area contributed by atoms with E-state index < -0.39 is 10.0 Å². The van der Waals surface area contributed by atoms with Gasteiger partial charge in [-0.1, -0.05) is 29.5 Å². The number of hydrogen-bond acceptors (Lipinski definition) is 6. The number of aryl methyl sites for hydroxylation is 2. The molecule has 5 rings (SSSR count). The summed E-state index contributed by atoms with van der Waals surface area (Å²) in [5.74, 6) is -0.242. The van der Waals surface area contributed by atoms with Crippen molar-refractivity contribution in [3.05, 3.63) is 58.9 Å². The van der Waals surface area contributed by atoms with Gasteiger partial charge in [0.05, 0.1) is 11.4 Å². The van der Waals surface area contributed by atoms with Crippen LogP contribution in [0.5, 0.6) is 0 Å². The Morgan fingerprint density at radius 2 is 1.85 bits per heavy atom. The third-order valence-electron chi connectivity index (χ3n) is 6.18. The number of anilines is 1. The molecule has 33 heavy (non-hydrogen) atoms. The van der Waals surface area contributed by atoms with Crippen LogP contribution in [0.3, 0.4) is 0 Å². The highest BCUT2D eigenvalue weighted by Gasteiger charge is 2.34. The Hall–Kier alpha value is -2.62. The van der Waals surface area contributed by atoms with Crippen LogP contribution in [0, 0.1) is 19.8 Å². The largest absolute Gasteiger partial charge is 0.291 e. The first kappa shape index (κ1) is 22.2. The fourth-order valence-electron chi connectivity index (χ4n) is 4.26. The lowest BCUT2D eigenvalue weighted by Crippen LogP contribution is -2.33. The molecule has 0 unspecified atom stereocenters. The summed E-state index contributed by atoms with van der Waals surface area (Å²) in [6.07, 6.45) is 3.05. The van der Waals surface area contributed by atoms with Gasteiger partial charge in [0.25, 0.3) is 10.0 Å². The molecule has 1 N–H and O–H groups in total. The highest BCUT2D eigenvalue weighted by molar-refractivity contribution is 7.91. The minimum atomic E-state index is -3.60. The normalized spacial score (nSPS) is 17.7. The number of nitrogens with zero attached hydrogens (tertiary/aromatic N) is 3. The molecule has 2 heterocycles. The second kappa shape index (κ2) is 8.30. The number of benzene rings is 1. The van der Waals surface area contributed by atoms with Gasteiger partial charge >= 0.3 is 0 Å². The van der Waals surface area contributed by atoms with Crippen molar-refractivity contribution in [3.63, 3.8) is 0 Å². The molecule has 0 bridgehead atoms. The zero-order chi connectivity index (χ0) is 23.3. The minimum absolute atomic E-state index is 0.0243. The number of nitrogens with one attached hydrogen (secondary N) is 1. The molecular formula is C24H26N4O3S2. The quantitative estimate of drug-likeness (QED) is 0.579. The van der Waals surface area contributed by atoms with E-state index in [-0.39, 0.29) is 22.1 Å². The molecule has 2 aromatic heterocycles. The fourth-order valence-corrected chi connectivity index (χ4v) is 7.05. The summed E-state index contributed by atoms with van der Waals surface area (Å²) in [6.45, 7) is 3.65. The fraction of sp³-hybridized carbons (Fsp3) is 0.375. The third-order valence-corrected chi connectivity index (χ3v) is 9.54. The topological polar surface area (TPSA) is 92.3 Å². The van der Waals surface area contributed by atoms with Crippen LogP contribution in [-0.2, 0) is 27.7 Å². The van der Waals surface area contributed by atoms with Crippen molar-refractivity contribution >= 4 is 32.4 Å². The number of rotatable bonds is 6. The summed E-state index contributed by atoms with van der Waals surface area (Å²) in [5.41, 5.74) is 5.70. The molecule has 172 valence electrons. The molecule has 0 radical (unpaired) electrons. The maximum atomic E-state index is 13.3. The van der Waals surface area contributed by atoms with Gasteiger partial charge in [-0.3, -0.25) is 14.7 Å². The molecule has 1 atom stereocenters. The lowest BCUT2D eigenvalue weighted by Gasteiger charge is -2.18. The van der Waals surface area contributed by atoms with Gasteiger partial charge in [-0.25, -0.2) is 18.1 Å². The first-order chi connectivity index (χ1) is 15.7. The van der Waals surface area contributed by atoms with E-state index in [1.165, 1.54) is 10.5 Å². The molecule has 2 aliphatic carbocycles. The van der Waals surface area contributed by atoms with Crippen LogP contribution in [-0.4, -0.2) is 37.4 Å². The van der Waals surface area contributed by atoms with E-state index >= 15 is 0 Å². The Morgan fingerprint density at radius 3 is 2.58 bits per heavy atom. The second-order valence-electron chi connectivity index (χ2n) is 8.91. The summed E-state index contributed by atoms with van der Waals surface area (Å²) in [4.78, 5) is 23.8. The molecule has 0 saturated heterocycles. The second-order valence-corrected chi connectivity index (χ2v) is 11.8. The third kappa shape index (κ3) is 4.45. The average Bonchev–Trinajstić information content (AvgIpc) is 3.32. The van der Waals surface area contributed by atoms with Gasteiger partial charge in [0.2, 0.25) is 5.91 Å². The molecule has 3 aromatic rings. The van der Waals surface area contributed by atoms with Gasteiger partial charge < -0.3 is 0 Å². The maximum absolute atomic E-state index is 13.3. The monoisotopic (exact) mass is 482 g/mol. The van der Waals surface area contributed by atoms with Crippen LogP contribution in [0.2, 0.25) is 0 Å². The molecule has 0 aliphatic heterocycles. The first-order valence-corrected chi connectivity index (χ1v) is 13.3. The molecule has 7 nitrogen and oxygen atoms in total. The molecule has 1 saturated carbocycles. The molecule has 1 fully saturated rings. The standard InChI is InChI=1S/C24H26N4O3S2/c1-14-5-4-6-21(25-14)17-8-7-16-11-19(13-18(16)12-17)22(29)28(3)24-26-15(2)23(32-24)33(30,31)27-20-9-10-20/h4-8,12,19-20,27H,9-11,13H2,1-3H3/t19-/m1/s1. The number of carbonyl (C=O) groups excluding carboxylic acids is 1. The van der Waals surface area contributed by atoms with E-state index in [1.54, 1.807) is 14.0 Å². The highest BCUT2D eigenvalue weighted by atomic mass is 32.2. The van der Waals surface area contributed by atoms with Gasteiger partial charge in [-0.2, -0.15) is 0 Å². The average molecular weight is 483 g/mol. The van der Waals surface area contributed by atoms with Crippen LogP contribution < -0.4 is 9.62 Å². The van der Waals surface area contributed by atoms with Crippen LogP contribution >= 0.6 is 11.3 Å². The summed E-state index contributed by atoms with van der Waals surface area (Å²) >= 11 is 1.05. The summed E-state index contributed by atoms with van der Waals surface area (Å²) in [7, 11) is -1.92. The number of hydrogen-bond donors (Lipinski definition) is 1. The van der Waals surface area contributed by atoms with Crippen LogP contribution in [0.4, 0.5) is 5.13 Å². The SMILES string of the molecule is Cc1cccc(-c2ccc3c(c2)C[C@H](C(=O)N(C)c2nc(C)c(S(=O)(=O)NC4CC4)s2)C3)n1. The lowest BCUT2D eigenvalue weighted by atomic mass is 10.0. The first-order valence-electron chi connectivity index (χ1n) is 11.0. The number of thiazole rings is 1. The van der Waals surface area contributed by atoms with E-state index in [2.05, 4.69) is 32.9 Å². The molecule has 0 spiro atoms. The van der Waals surface area contributed by atoms with Crippen molar-refractivity contribution in [2.75, 3.05) is 11.9 Å². The van der Waals surface area contributed by atoms with Crippen LogP contribution in [0.25, 0.3) is 11.3 Å². The van der Waals surface area contributed by atoms with E-state index in [1.807, 2.05) is 25.1 Å². The van der Waals surface area contributed by atoms with E-state index in [9.17, 15) is 13.2 Å². The Labute approximate surface area is 197 Å². The van der Waals surface area contributed by atoms with Gasteiger partial charge in [-0.05, 0) is 68.9 Å². The van der Waals surface area contributed by atoms with Crippen molar-refractivity contribution < 1.29 is 13.2 Å². The smallest absolute Gasteiger partial charge is 0.252 e. The predicted molar refractivity (Wildman–Crippen MR) is 129 cm³/mol. The number of aromatic nitrogens is 2. The van der Waals surface area contributed by atoms with E-state index in [0.29, 0.717) is 23.7 Å². The highest BCUT2D eigenvalue weighted by Crippen LogP contribution is 2.35. The number of fused-ring (bicyclic) bond motifs is 1. The molecule has 1 aromatic carbocycles. The minimum Gasteiger partial charge on any atom is -0.291 e. The van der Waals surface area contributed by atoms with Crippen molar-refractivity contribution in [2.45, 2.75) is 49.8 Å². The van der Waals surface area contributed by atoms with Crippen molar-refractivity contribution in [1.82, 2.24) is 14.7 Å². The summed E-state index contributed by atoms with van der Waals surface area (Å²) < 4.78 is 28.2. The van der Waals surface area contributed by atoms with Gasteiger partial charge in [-0.15, -0.1) is 0 Å². The van der Waals surface area contributed by atoms with Crippen molar-refractivity contribution in [1.29, 1.82) is 0 Å². The van der Waals surface area contributed by atoms with Crippen molar-refractivity contribution in [2.24, 2.45) is 5.92 Å². The molecule has 2 aliphatic rings.